The second-order valence-corrected chi connectivity index (χ2v) is 6.45. The summed E-state index contributed by atoms with van der Waals surface area (Å²) in [6.45, 7) is 1.81. The number of nitrogens with zero attached hydrogens (tertiary/aromatic N) is 1. The smallest absolute Gasteiger partial charge is 0.262 e. The number of carbonyl (C=O) groups excluding carboxylic acids is 4. The molecule has 0 saturated heterocycles. The highest BCUT2D eigenvalue weighted by molar-refractivity contribution is 6.22. The predicted octanol–water partition coefficient (Wildman–Crippen LogP) is 1.23. The average molecular weight is 395 g/mol. The largest absolute Gasteiger partial charge is 0.496 e. The molecule has 3 rings (SSSR count). The lowest BCUT2D eigenvalue weighted by molar-refractivity contribution is -0.124. The van der Waals surface area contributed by atoms with Gasteiger partial charge in [0.25, 0.3) is 17.7 Å². The Hall–Kier alpha value is -3.68. The molecule has 29 heavy (non-hydrogen) atoms. The Bertz CT molecular complexity index is 937. The average Bonchev–Trinajstić information content (AvgIpc) is 3.00. The molecule has 2 aromatic rings. The Balaban J connectivity index is 1.52. The lowest BCUT2D eigenvalue weighted by atomic mass is 10.1. The van der Waals surface area contributed by atoms with Crippen molar-refractivity contribution < 1.29 is 23.9 Å². The maximum atomic E-state index is 12.4. The number of imide groups is 1. The number of ether oxygens (including phenoxy) is 1. The van der Waals surface area contributed by atoms with E-state index >= 15 is 0 Å². The van der Waals surface area contributed by atoms with Gasteiger partial charge in [0.15, 0.2) is 0 Å². The summed E-state index contributed by atoms with van der Waals surface area (Å²) >= 11 is 0. The fourth-order valence-corrected chi connectivity index (χ4v) is 3.11. The number of hydrogen-bond acceptors (Lipinski definition) is 5. The van der Waals surface area contributed by atoms with E-state index in [0.29, 0.717) is 22.4 Å². The summed E-state index contributed by atoms with van der Waals surface area (Å²) in [6, 6.07) is 12.3. The van der Waals surface area contributed by atoms with Crippen LogP contribution in [0.5, 0.6) is 5.75 Å². The number of benzene rings is 2. The molecule has 0 bridgehead atoms. The molecule has 1 heterocycles. The van der Waals surface area contributed by atoms with Crippen molar-refractivity contribution in [2.24, 2.45) is 0 Å². The molecule has 1 aliphatic rings. The normalized spacial score (nSPS) is 13.7. The van der Waals surface area contributed by atoms with E-state index < -0.39 is 23.8 Å². The molecule has 0 radical (unpaired) electrons. The van der Waals surface area contributed by atoms with Gasteiger partial charge in [-0.3, -0.25) is 24.1 Å². The van der Waals surface area contributed by atoms with Gasteiger partial charge in [-0.15, -0.1) is 0 Å². The molecule has 8 heteroatoms. The number of methoxy groups -OCH3 is 1. The van der Waals surface area contributed by atoms with E-state index in [1.807, 2.05) is 0 Å². The van der Waals surface area contributed by atoms with Crippen molar-refractivity contribution >= 4 is 23.6 Å². The summed E-state index contributed by atoms with van der Waals surface area (Å²) in [5, 5.41) is 5.32. The number of hydrogen-bond donors (Lipinski definition) is 2. The standard InChI is InChI=1S/C21H21N3O5/c1-13(24-20(27)14-7-3-4-8-15(14)21(24)28)18(25)22-11-12-23-19(26)16-9-5-6-10-17(16)29-2/h3-10,13H,11-12H2,1-2H3,(H,22,25)(H,23,26). The first-order chi connectivity index (χ1) is 14.0. The highest BCUT2D eigenvalue weighted by Gasteiger charge is 2.40. The lowest BCUT2D eigenvalue weighted by Gasteiger charge is -2.21. The van der Waals surface area contributed by atoms with Gasteiger partial charge < -0.3 is 15.4 Å². The van der Waals surface area contributed by atoms with E-state index in [1.54, 1.807) is 48.5 Å². The molecule has 4 amide bonds. The zero-order chi connectivity index (χ0) is 21.0. The summed E-state index contributed by atoms with van der Waals surface area (Å²) in [6.07, 6.45) is 0. The molecule has 1 aliphatic heterocycles. The zero-order valence-corrected chi connectivity index (χ0v) is 16.1. The van der Waals surface area contributed by atoms with Gasteiger partial charge in [-0.1, -0.05) is 24.3 Å². The first-order valence-corrected chi connectivity index (χ1v) is 9.11. The van der Waals surface area contributed by atoms with E-state index in [4.69, 9.17) is 4.74 Å². The molecule has 0 aliphatic carbocycles. The van der Waals surface area contributed by atoms with Crippen molar-refractivity contribution in [1.29, 1.82) is 0 Å². The summed E-state index contributed by atoms with van der Waals surface area (Å²) < 4.78 is 5.15. The number of amides is 4. The van der Waals surface area contributed by atoms with Crippen LogP contribution in [0.4, 0.5) is 0 Å². The van der Waals surface area contributed by atoms with Crippen molar-refractivity contribution in [2.75, 3.05) is 20.2 Å². The number of fused-ring (bicyclic) bond motifs is 1. The Morgan fingerprint density at radius 2 is 1.48 bits per heavy atom. The Kier molecular flexibility index (Phi) is 5.92. The van der Waals surface area contributed by atoms with Crippen molar-refractivity contribution in [2.45, 2.75) is 13.0 Å². The molecule has 2 N–H and O–H groups in total. The summed E-state index contributed by atoms with van der Waals surface area (Å²) in [5.74, 6) is -1.33. The third-order valence-corrected chi connectivity index (χ3v) is 4.65. The van der Waals surface area contributed by atoms with Crippen LogP contribution in [0, 0.1) is 0 Å². The topological polar surface area (TPSA) is 105 Å². The van der Waals surface area contributed by atoms with Crippen LogP contribution in [0.2, 0.25) is 0 Å². The van der Waals surface area contributed by atoms with Crippen LogP contribution in [0.3, 0.4) is 0 Å². The Labute approximate surface area is 167 Å². The van der Waals surface area contributed by atoms with Gasteiger partial charge in [0.2, 0.25) is 5.91 Å². The van der Waals surface area contributed by atoms with Crippen LogP contribution in [-0.4, -0.2) is 54.8 Å². The van der Waals surface area contributed by atoms with E-state index in [2.05, 4.69) is 10.6 Å². The maximum Gasteiger partial charge on any atom is 0.262 e. The van der Waals surface area contributed by atoms with E-state index in [9.17, 15) is 19.2 Å². The molecule has 0 spiro atoms. The predicted molar refractivity (Wildman–Crippen MR) is 105 cm³/mol. The number of rotatable bonds is 7. The van der Waals surface area contributed by atoms with Crippen molar-refractivity contribution in [1.82, 2.24) is 15.5 Å². The Morgan fingerprint density at radius 3 is 2.10 bits per heavy atom. The minimum Gasteiger partial charge on any atom is -0.496 e. The van der Waals surface area contributed by atoms with Crippen molar-refractivity contribution in [3.05, 3.63) is 65.2 Å². The first-order valence-electron chi connectivity index (χ1n) is 9.11. The molecular formula is C21H21N3O5. The maximum absolute atomic E-state index is 12.4. The van der Waals surface area contributed by atoms with Gasteiger partial charge in [-0.05, 0) is 31.2 Å². The Morgan fingerprint density at radius 1 is 0.931 bits per heavy atom. The minimum absolute atomic E-state index is 0.146. The van der Waals surface area contributed by atoms with Gasteiger partial charge >= 0.3 is 0 Å². The van der Waals surface area contributed by atoms with Crippen molar-refractivity contribution in [3.8, 4) is 5.75 Å². The highest BCUT2D eigenvalue weighted by atomic mass is 16.5. The van der Waals surface area contributed by atoms with Crippen molar-refractivity contribution in [3.63, 3.8) is 0 Å². The second kappa shape index (κ2) is 8.55. The first kappa shape index (κ1) is 20.1. The van der Waals surface area contributed by atoms with E-state index in [1.165, 1.54) is 14.0 Å². The van der Waals surface area contributed by atoms with Gasteiger partial charge in [0.05, 0.1) is 23.8 Å². The summed E-state index contributed by atoms with van der Waals surface area (Å²) in [4.78, 5) is 50.5. The summed E-state index contributed by atoms with van der Waals surface area (Å²) in [7, 11) is 1.48. The third-order valence-electron chi connectivity index (χ3n) is 4.65. The van der Waals surface area contributed by atoms with E-state index in [-0.39, 0.29) is 19.0 Å². The molecule has 0 fully saturated rings. The van der Waals surface area contributed by atoms with Gasteiger partial charge in [0.1, 0.15) is 11.8 Å². The van der Waals surface area contributed by atoms with Crippen LogP contribution in [-0.2, 0) is 4.79 Å². The van der Waals surface area contributed by atoms with Crippen LogP contribution in [0.25, 0.3) is 0 Å². The molecule has 1 atom stereocenters. The number of nitrogens with one attached hydrogen (secondary N) is 2. The lowest BCUT2D eigenvalue weighted by Crippen LogP contribution is -2.49. The number of carbonyl (C=O) groups is 4. The summed E-state index contributed by atoms with van der Waals surface area (Å²) in [5.41, 5.74) is 0.975. The van der Waals surface area contributed by atoms with Crippen LogP contribution in [0.15, 0.2) is 48.5 Å². The molecule has 1 unspecified atom stereocenters. The van der Waals surface area contributed by atoms with Crippen LogP contribution in [0.1, 0.15) is 38.0 Å². The zero-order valence-electron chi connectivity index (χ0n) is 16.1. The SMILES string of the molecule is COc1ccccc1C(=O)NCCNC(=O)C(C)N1C(=O)c2ccccc2C1=O. The van der Waals surface area contributed by atoms with E-state index in [0.717, 1.165) is 4.90 Å². The van der Waals surface area contributed by atoms with Crippen LogP contribution < -0.4 is 15.4 Å². The molecule has 2 aromatic carbocycles. The molecule has 0 aromatic heterocycles. The molecular weight excluding hydrogens is 374 g/mol. The monoisotopic (exact) mass is 395 g/mol. The molecule has 0 saturated carbocycles. The minimum atomic E-state index is -0.965. The fraction of sp³-hybridized carbons (Fsp3) is 0.238. The van der Waals surface area contributed by atoms with Gasteiger partial charge in [0, 0.05) is 13.1 Å². The molecule has 8 nitrogen and oxygen atoms in total. The fourth-order valence-electron chi connectivity index (χ4n) is 3.11. The molecule has 150 valence electrons. The quantitative estimate of drug-likeness (QED) is 0.542. The van der Waals surface area contributed by atoms with Crippen LogP contribution >= 0.6 is 0 Å². The van der Waals surface area contributed by atoms with Gasteiger partial charge in [-0.2, -0.15) is 0 Å². The van der Waals surface area contributed by atoms with Gasteiger partial charge in [-0.25, -0.2) is 0 Å². The highest BCUT2D eigenvalue weighted by Crippen LogP contribution is 2.24. The second-order valence-electron chi connectivity index (χ2n) is 6.45. The third kappa shape index (κ3) is 3.96. The number of para-hydroxylation sites is 1.